The van der Waals surface area contributed by atoms with Crippen LogP contribution in [0.5, 0.6) is 0 Å². The predicted molar refractivity (Wildman–Crippen MR) is 74.0 cm³/mol. The van der Waals surface area contributed by atoms with Crippen LogP contribution in [0.15, 0.2) is 23.7 Å². The highest BCUT2D eigenvalue weighted by Crippen LogP contribution is 2.29. The molecule has 0 fully saturated rings. The average Bonchev–Trinajstić information content (AvgIpc) is 2.83. The minimum atomic E-state index is 0.777. The van der Waals surface area contributed by atoms with E-state index in [2.05, 4.69) is 34.3 Å². The van der Waals surface area contributed by atoms with Gasteiger partial charge in [-0.3, -0.25) is 4.98 Å². The fourth-order valence-electron chi connectivity index (χ4n) is 1.88. The van der Waals surface area contributed by atoms with Gasteiger partial charge in [-0.15, -0.1) is 11.3 Å². The third-order valence-corrected chi connectivity index (χ3v) is 3.68. The molecular weight excluding hydrogens is 232 g/mol. The van der Waals surface area contributed by atoms with Crippen LogP contribution in [0.2, 0.25) is 0 Å². The Morgan fingerprint density at radius 2 is 2.24 bits per heavy atom. The molecule has 0 radical (unpaired) electrons. The zero-order valence-corrected chi connectivity index (χ0v) is 11.2. The fraction of sp³-hybridized carbons (Fsp3) is 0.462. The Bertz CT molecular complexity index is 469. The maximum Gasteiger partial charge on any atom is 0.0830 e. The van der Waals surface area contributed by atoms with Crippen LogP contribution in [0.1, 0.15) is 13.8 Å². The van der Waals surface area contributed by atoms with E-state index in [4.69, 9.17) is 4.74 Å². The van der Waals surface area contributed by atoms with Crippen LogP contribution in [-0.2, 0) is 4.74 Å². The van der Waals surface area contributed by atoms with Crippen LogP contribution >= 0.6 is 11.3 Å². The molecule has 0 N–H and O–H groups in total. The van der Waals surface area contributed by atoms with Crippen LogP contribution in [-0.4, -0.2) is 31.3 Å². The summed E-state index contributed by atoms with van der Waals surface area (Å²) in [4.78, 5) is 6.71. The highest BCUT2D eigenvalue weighted by Gasteiger charge is 2.09. The molecule has 0 saturated heterocycles. The molecular formula is C13H18N2OS. The molecule has 17 heavy (non-hydrogen) atoms. The van der Waals surface area contributed by atoms with Crippen molar-refractivity contribution in [3.63, 3.8) is 0 Å². The molecule has 4 heteroatoms. The standard InChI is InChI=1S/C13H18N2OS/c1-3-15(8-9-16-4-2)12-5-7-14-11-6-10-17-13(11)12/h5-7,10H,3-4,8-9H2,1-2H3. The summed E-state index contributed by atoms with van der Waals surface area (Å²) in [6.45, 7) is 7.68. The molecule has 0 saturated carbocycles. The van der Waals surface area contributed by atoms with Crippen LogP contribution in [0.4, 0.5) is 5.69 Å². The highest BCUT2D eigenvalue weighted by atomic mass is 32.1. The molecule has 0 atom stereocenters. The van der Waals surface area contributed by atoms with E-state index in [0.717, 1.165) is 31.8 Å². The number of ether oxygens (including phenoxy) is 1. The maximum absolute atomic E-state index is 5.43. The third-order valence-electron chi connectivity index (χ3n) is 2.76. The van der Waals surface area contributed by atoms with Crippen LogP contribution in [0, 0.1) is 0 Å². The first kappa shape index (κ1) is 12.3. The summed E-state index contributed by atoms with van der Waals surface area (Å²) in [5.74, 6) is 0. The number of pyridine rings is 1. The number of fused-ring (bicyclic) bond motifs is 1. The van der Waals surface area contributed by atoms with Crippen molar-refractivity contribution in [1.29, 1.82) is 0 Å². The van der Waals surface area contributed by atoms with E-state index in [1.165, 1.54) is 10.4 Å². The van der Waals surface area contributed by atoms with Crippen molar-refractivity contribution >= 4 is 27.2 Å². The van der Waals surface area contributed by atoms with Crippen LogP contribution in [0.25, 0.3) is 10.2 Å². The lowest BCUT2D eigenvalue weighted by atomic mass is 10.3. The number of nitrogens with zero attached hydrogens (tertiary/aromatic N) is 2. The molecule has 0 spiro atoms. The van der Waals surface area contributed by atoms with E-state index in [0.29, 0.717) is 0 Å². The summed E-state index contributed by atoms with van der Waals surface area (Å²) >= 11 is 1.75. The number of anilines is 1. The minimum Gasteiger partial charge on any atom is -0.380 e. The van der Waals surface area contributed by atoms with Crippen LogP contribution in [0.3, 0.4) is 0 Å². The second-order valence-electron chi connectivity index (χ2n) is 3.74. The van der Waals surface area contributed by atoms with E-state index >= 15 is 0 Å². The van der Waals surface area contributed by atoms with Gasteiger partial charge in [-0.05, 0) is 31.4 Å². The van der Waals surface area contributed by atoms with Gasteiger partial charge in [0, 0.05) is 25.9 Å². The number of aromatic nitrogens is 1. The lowest BCUT2D eigenvalue weighted by molar-refractivity contribution is 0.154. The van der Waals surface area contributed by atoms with E-state index in [-0.39, 0.29) is 0 Å². The lowest BCUT2D eigenvalue weighted by Crippen LogP contribution is -2.27. The minimum absolute atomic E-state index is 0.777. The van der Waals surface area contributed by atoms with E-state index in [9.17, 15) is 0 Å². The van der Waals surface area contributed by atoms with E-state index in [1.807, 2.05) is 13.1 Å². The molecule has 0 aliphatic rings. The molecule has 2 rings (SSSR count). The molecule has 0 aliphatic heterocycles. The Morgan fingerprint density at radius 3 is 3.00 bits per heavy atom. The molecule has 0 unspecified atom stereocenters. The summed E-state index contributed by atoms with van der Waals surface area (Å²) < 4.78 is 6.70. The van der Waals surface area contributed by atoms with Gasteiger partial charge >= 0.3 is 0 Å². The third kappa shape index (κ3) is 2.76. The predicted octanol–water partition coefficient (Wildman–Crippen LogP) is 3.16. The number of likely N-dealkylation sites (N-methyl/N-ethyl adjacent to an activating group) is 1. The molecule has 3 nitrogen and oxygen atoms in total. The normalized spacial score (nSPS) is 10.9. The smallest absolute Gasteiger partial charge is 0.0830 e. The van der Waals surface area contributed by atoms with Gasteiger partial charge in [0.15, 0.2) is 0 Å². The van der Waals surface area contributed by atoms with Crippen molar-refractivity contribution in [2.24, 2.45) is 0 Å². The molecule has 0 bridgehead atoms. The Hall–Kier alpha value is -1.13. The second kappa shape index (κ2) is 5.98. The molecule has 2 heterocycles. The highest BCUT2D eigenvalue weighted by molar-refractivity contribution is 7.17. The number of rotatable bonds is 6. The largest absolute Gasteiger partial charge is 0.380 e. The molecule has 0 amide bonds. The van der Waals surface area contributed by atoms with Crippen molar-refractivity contribution in [3.8, 4) is 0 Å². The number of hydrogen-bond donors (Lipinski definition) is 0. The number of thiophene rings is 1. The van der Waals surface area contributed by atoms with Gasteiger partial charge in [0.1, 0.15) is 0 Å². The van der Waals surface area contributed by atoms with Crippen molar-refractivity contribution in [1.82, 2.24) is 4.98 Å². The Balaban J connectivity index is 2.20. The monoisotopic (exact) mass is 250 g/mol. The van der Waals surface area contributed by atoms with Crippen molar-refractivity contribution < 1.29 is 4.74 Å². The van der Waals surface area contributed by atoms with Gasteiger partial charge in [0.25, 0.3) is 0 Å². The Morgan fingerprint density at radius 1 is 1.35 bits per heavy atom. The lowest BCUT2D eigenvalue weighted by Gasteiger charge is -2.23. The topological polar surface area (TPSA) is 25.4 Å². The summed E-state index contributed by atoms with van der Waals surface area (Å²) in [6.07, 6.45) is 1.88. The molecule has 92 valence electrons. The summed E-state index contributed by atoms with van der Waals surface area (Å²) in [6, 6.07) is 4.16. The SMILES string of the molecule is CCOCCN(CC)c1ccnc2ccsc12. The Labute approximate surface area is 106 Å². The van der Waals surface area contributed by atoms with Gasteiger partial charge in [-0.25, -0.2) is 0 Å². The average molecular weight is 250 g/mol. The van der Waals surface area contributed by atoms with Crippen molar-refractivity contribution in [2.45, 2.75) is 13.8 Å². The zero-order chi connectivity index (χ0) is 12.1. The molecule has 0 aliphatic carbocycles. The van der Waals surface area contributed by atoms with Gasteiger partial charge < -0.3 is 9.64 Å². The first-order valence-electron chi connectivity index (χ1n) is 6.01. The number of hydrogen-bond acceptors (Lipinski definition) is 4. The summed E-state index contributed by atoms with van der Waals surface area (Å²) in [5.41, 5.74) is 2.36. The second-order valence-corrected chi connectivity index (χ2v) is 4.66. The fourth-order valence-corrected chi connectivity index (χ4v) is 2.77. The zero-order valence-electron chi connectivity index (χ0n) is 10.3. The van der Waals surface area contributed by atoms with Gasteiger partial charge in [0.2, 0.25) is 0 Å². The quantitative estimate of drug-likeness (QED) is 0.736. The van der Waals surface area contributed by atoms with Crippen molar-refractivity contribution in [2.75, 3.05) is 31.2 Å². The van der Waals surface area contributed by atoms with Gasteiger partial charge in [-0.1, -0.05) is 0 Å². The summed E-state index contributed by atoms with van der Waals surface area (Å²) in [5, 5.41) is 2.09. The van der Waals surface area contributed by atoms with E-state index in [1.54, 1.807) is 11.3 Å². The molecule has 2 aromatic rings. The Kier molecular flexibility index (Phi) is 4.34. The molecule has 0 aromatic carbocycles. The van der Waals surface area contributed by atoms with Gasteiger partial charge in [-0.2, -0.15) is 0 Å². The maximum atomic E-state index is 5.43. The van der Waals surface area contributed by atoms with Crippen LogP contribution < -0.4 is 4.90 Å². The van der Waals surface area contributed by atoms with Gasteiger partial charge in [0.05, 0.1) is 22.5 Å². The molecule has 2 aromatic heterocycles. The van der Waals surface area contributed by atoms with E-state index < -0.39 is 0 Å². The first-order chi connectivity index (χ1) is 8.36. The first-order valence-corrected chi connectivity index (χ1v) is 6.89. The van der Waals surface area contributed by atoms with Crippen molar-refractivity contribution in [3.05, 3.63) is 23.7 Å². The summed E-state index contributed by atoms with van der Waals surface area (Å²) in [7, 11) is 0.